The van der Waals surface area contributed by atoms with Gasteiger partial charge in [0.15, 0.2) is 11.6 Å². The van der Waals surface area contributed by atoms with Crippen molar-refractivity contribution >= 4 is 31.5 Å². The Morgan fingerprint density at radius 1 is 0.615 bits per heavy atom. The number of fused-ring (bicyclic) bond motifs is 3. The summed E-state index contributed by atoms with van der Waals surface area (Å²) in [5.41, 5.74) is 2.02. The first-order chi connectivity index (χ1) is 12.8. The van der Waals surface area contributed by atoms with E-state index in [1.54, 1.807) is 11.3 Å². The molecule has 0 radical (unpaired) electrons. The molecule has 3 aromatic carbocycles. The Morgan fingerprint density at radius 3 is 2.15 bits per heavy atom. The van der Waals surface area contributed by atoms with Crippen molar-refractivity contribution in [2.45, 2.75) is 6.92 Å². The Hall–Kier alpha value is -3.11. The maximum absolute atomic E-state index is 4.72. The summed E-state index contributed by atoms with van der Waals surface area (Å²) in [5.74, 6) is 2.16. The molecule has 0 saturated heterocycles. The molecular formula is C22H15N3S. The Bertz CT molecular complexity index is 1240. The normalized spacial score (nSPS) is 11.3. The monoisotopic (exact) mass is 353 g/mol. The highest BCUT2D eigenvalue weighted by atomic mass is 32.1. The third kappa shape index (κ3) is 2.55. The van der Waals surface area contributed by atoms with Crippen molar-refractivity contribution in [1.82, 2.24) is 15.0 Å². The molecule has 3 nitrogen and oxygen atoms in total. The van der Waals surface area contributed by atoms with Gasteiger partial charge in [-0.3, -0.25) is 0 Å². The maximum atomic E-state index is 4.72. The summed E-state index contributed by atoms with van der Waals surface area (Å²) in [6.45, 7) is 1.91. The minimum Gasteiger partial charge on any atom is -0.213 e. The molecule has 0 aliphatic carbocycles. The fourth-order valence-electron chi connectivity index (χ4n) is 3.19. The molecule has 5 rings (SSSR count). The first kappa shape index (κ1) is 15.2. The van der Waals surface area contributed by atoms with Crippen LogP contribution in [0.3, 0.4) is 0 Å². The number of hydrogen-bond donors (Lipinski definition) is 0. The fourth-order valence-corrected chi connectivity index (χ4v) is 4.34. The van der Waals surface area contributed by atoms with E-state index in [1.165, 1.54) is 20.2 Å². The minimum atomic E-state index is 0.713. The van der Waals surface area contributed by atoms with Gasteiger partial charge in [0.2, 0.25) is 0 Å². The molecule has 0 N–H and O–H groups in total. The van der Waals surface area contributed by atoms with Crippen LogP contribution in [0.1, 0.15) is 5.82 Å². The molecular weight excluding hydrogens is 338 g/mol. The topological polar surface area (TPSA) is 38.7 Å². The molecule has 0 aliphatic heterocycles. The predicted octanol–water partition coefficient (Wildman–Crippen LogP) is 5.88. The van der Waals surface area contributed by atoms with Crippen molar-refractivity contribution in [3.05, 3.63) is 78.6 Å². The van der Waals surface area contributed by atoms with Gasteiger partial charge < -0.3 is 0 Å². The third-order valence-electron chi connectivity index (χ3n) is 4.42. The largest absolute Gasteiger partial charge is 0.213 e. The molecule has 26 heavy (non-hydrogen) atoms. The number of thiophene rings is 1. The zero-order chi connectivity index (χ0) is 17.5. The van der Waals surface area contributed by atoms with E-state index >= 15 is 0 Å². The molecule has 124 valence electrons. The van der Waals surface area contributed by atoms with E-state index in [0.717, 1.165) is 22.8 Å². The van der Waals surface area contributed by atoms with E-state index in [1.807, 2.05) is 37.3 Å². The van der Waals surface area contributed by atoms with E-state index in [0.29, 0.717) is 5.82 Å². The third-order valence-corrected chi connectivity index (χ3v) is 5.55. The van der Waals surface area contributed by atoms with Crippen LogP contribution in [0.4, 0.5) is 0 Å². The van der Waals surface area contributed by atoms with Gasteiger partial charge >= 0.3 is 0 Å². The van der Waals surface area contributed by atoms with Crippen LogP contribution >= 0.6 is 11.3 Å². The van der Waals surface area contributed by atoms with Crippen molar-refractivity contribution in [1.29, 1.82) is 0 Å². The maximum Gasteiger partial charge on any atom is 0.163 e. The van der Waals surface area contributed by atoms with Gasteiger partial charge in [-0.05, 0) is 19.1 Å². The van der Waals surface area contributed by atoms with Gasteiger partial charge in [0.1, 0.15) is 5.82 Å². The van der Waals surface area contributed by atoms with Crippen LogP contribution in [0, 0.1) is 6.92 Å². The molecule has 0 spiro atoms. The van der Waals surface area contributed by atoms with Crippen LogP contribution in [0.25, 0.3) is 42.9 Å². The Labute approximate surface area is 155 Å². The standard InChI is InChI=1S/C22H15N3S/c1-14-23-21(15-7-3-2-4-8-15)25-22(24-14)16-11-12-18-17-9-5-6-10-19(17)26-20(18)13-16/h2-13H,1H3. The molecule has 0 unspecified atom stereocenters. The summed E-state index contributed by atoms with van der Waals surface area (Å²) < 4.78 is 2.56. The van der Waals surface area contributed by atoms with Crippen LogP contribution < -0.4 is 0 Å². The van der Waals surface area contributed by atoms with Crippen molar-refractivity contribution in [3.8, 4) is 22.8 Å². The minimum absolute atomic E-state index is 0.713. The van der Waals surface area contributed by atoms with Crippen LogP contribution in [0.15, 0.2) is 72.8 Å². The van der Waals surface area contributed by atoms with E-state index in [9.17, 15) is 0 Å². The number of aromatic nitrogens is 3. The Morgan fingerprint density at radius 2 is 1.31 bits per heavy atom. The van der Waals surface area contributed by atoms with Gasteiger partial charge in [-0.25, -0.2) is 15.0 Å². The first-order valence-corrected chi connectivity index (χ1v) is 9.29. The van der Waals surface area contributed by atoms with Crippen molar-refractivity contribution in [2.75, 3.05) is 0 Å². The van der Waals surface area contributed by atoms with Gasteiger partial charge in [0, 0.05) is 31.3 Å². The summed E-state index contributed by atoms with van der Waals surface area (Å²) in [7, 11) is 0. The van der Waals surface area contributed by atoms with E-state index in [-0.39, 0.29) is 0 Å². The average Bonchev–Trinajstić information content (AvgIpc) is 3.06. The molecule has 4 heteroatoms. The molecule has 0 fully saturated rings. The van der Waals surface area contributed by atoms with Crippen molar-refractivity contribution in [2.24, 2.45) is 0 Å². The molecule has 0 saturated carbocycles. The first-order valence-electron chi connectivity index (χ1n) is 8.48. The molecule has 0 atom stereocenters. The number of hydrogen-bond acceptors (Lipinski definition) is 4. The quantitative estimate of drug-likeness (QED) is 0.398. The average molecular weight is 353 g/mol. The molecule has 5 aromatic rings. The molecule has 0 aliphatic rings. The lowest BCUT2D eigenvalue weighted by molar-refractivity contribution is 0.992. The lowest BCUT2D eigenvalue weighted by Crippen LogP contribution is -1.99. The summed E-state index contributed by atoms with van der Waals surface area (Å²) >= 11 is 1.80. The number of rotatable bonds is 2. The lowest BCUT2D eigenvalue weighted by atomic mass is 10.1. The van der Waals surface area contributed by atoms with Gasteiger partial charge in [0.05, 0.1) is 0 Å². The highest BCUT2D eigenvalue weighted by Gasteiger charge is 2.11. The smallest absolute Gasteiger partial charge is 0.163 e. The van der Waals surface area contributed by atoms with Crippen LogP contribution in [0.5, 0.6) is 0 Å². The predicted molar refractivity (Wildman–Crippen MR) is 108 cm³/mol. The van der Waals surface area contributed by atoms with Crippen molar-refractivity contribution in [3.63, 3.8) is 0 Å². The number of aryl methyl sites for hydroxylation is 1. The second-order valence-electron chi connectivity index (χ2n) is 6.21. The summed E-state index contributed by atoms with van der Waals surface area (Å²) in [4.78, 5) is 13.8. The summed E-state index contributed by atoms with van der Waals surface area (Å²) in [6.07, 6.45) is 0. The van der Waals surface area contributed by atoms with Gasteiger partial charge in [0.25, 0.3) is 0 Å². The second-order valence-corrected chi connectivity index (χ2v) is 7.29. The molecule has 2 heterocycles. The van der Waals surface area contributed by atoms with E-state index in [4.69, 9.17) is 4.98 Å². The molecule has 0 bridgehead atoms. The second kappa shape index (κ2) is 6.00. The zero-order valence-corrected chi connectivity index (χ0v) is 15.0. The molecule has 0 amide bonds. The highest BCUT2D eigenvalue weighted by molar-refractivity contribution is 7.25. The van der Waals surface area contributed by atoms with E-state index in [2.05, 4.69) is 52.4 Å². The van der Waals surface area contributed by atoms with Crippen LogP contribution in [0.2, 0.25) is 0 Å². The zero-order valence-electron chi connectivity index (χ0n) is 14.2. The van der Waals surface area contributed by atoms with Crippen LogP contribution in [-0.4, -0.2) is 15.0 Å². The Kier molecular flexibility index (Phi) is 3.50. The van der Waals surface area contributed by atoms with Crippen molar-refractivity contribution < 1.29 is 0 Å². The van der Waals surface area contributed by atoms with Crippen LogP contribution in [-0.2, 0) is 0 Å². The van der Waals surface area contributed by atoms with E-state index < -0.39 is 0 Å². The lowest BCUT2D eigenvalue weighted by Gasteiger charge is -2.06. The SMILES string of the molecule is Cc1nc(-c2ccccc2)nc(-c2ccc3c(c2)sc2ccccc23)n1. The van der Waals surface area contributed by atoms with Gasteiger partial charge in [-0.15, -0.1) is 11.3 Å². The highest BCUT2D eigenvalue weighted by Crippen LogP contribution is 2.35. The fraction of sp³-hybridized carbons (Fsp3) is 0.0455. The van der Waals surface area contributed by atoms with Gasteiger partial charge in [-0.1, -0.05) is 60.7 Å². The van der Waals surface area contributed by atoms with Gasteiger partial charge in [-0.2, -0.15) is 0 Å². The number of nitrogens with zero attached hydrogens (tertiary/aromatic N) is 3. The molecule has 2 aromatic heterocycles. The summed E-state index contributed by atoms with van der Waals surface area (Å²) in [5, 5.41) is 2.58. The summed E-state index contributed by atoms with van der Waals surface area (Å²) in [6, 6.07) is 25.0. The number of benzene rings is 3. The Balaban J connectivity index is 1.67.